The highest BCUT2D eigenvalue weighted by Gasteiger charge is 2.47. The highest BCUT2D eigenvalue weighted by molar-refractivity contribution is 5.68. The molecule has 0 radical (unpaired) electrons. The van der Waals surface area contributed by atoms with E-state index in [1.54, 1.807) is 4.90 Å². The van der Waals surface area contributed by atoms with E-state index in [9.17, 15) is 4.79 Å². The molecule has 1 saturated heterocycles. The van der Waals surface area contributed by atoms with Crippen LogP contribution in [-0.2, 0) is 9.47 Å². The van der Waals surface area contributed by atoms with E-state index in [-0.39, 0.29) is 11.7 Å². The van der Waals surface area contributed by atoms with Crippen LogP contribution in [0.4, 0.5) is 4.79 Å². The third kappa shape index (κ3) is 3.12. The summed E-state index contributed by atoms with van der Waals surface area (Å²) in [4.78, 5) is 13.7. The summed E-state index contributed by atoms with van der Waals surface area (Å²) in [6.07, 6.45) is 3.98. The predicted octanol–water partition coefficient (Wildman–Crippen LogP) is 2.56. The molecule has 1 saturated carbocycles. The van der Waals surface area contributed by atoms with Crippen molar-refractivity contribution in [2.24, 2.45) is 0 Å². The number of epoxide rings is 1. The van der Waals surface area contributed by atoms with Crippen LogP contribution in [0.3, 0.4) is 0 Å². The van der Waals surface area contributed by atoms with Gasteiger partial charge < -0.3 is 14.4 Å². The molecule has 4 nitrogen and oxygen atoms in total. The van der Waals surface area contributed by atoms with Crippen molar-refractivity contribution in [3.05, 3.63) is 0 Å². The van der Waals surface area contributed by atoms with Crippen LogP contribution in [0.15, 0.2) is 0 Å². The van der Waals surface area contributed by atoms with E-state index >= 15 is 0 Å². The molecule has 0 aromatic rings. The molecule has 1 aliphatic heterocycles. The Labute approximate surface area is 103 Å². The van der Waals surface area contributed by atoms with Gasteiger partial charge in [-0.15, -0.1) is 0 Å². The van der Waals surface area contributed by atoms with E-state index in [1.807, 2.05) is 27.8 Å². The summed E-state index contributed by atoms with van der Waals surface area (Å²) in [7, 11) is 1.84. The summed E-state index contributed by atoms with van der Waals surface area (Å²) in [6.45, 7) is 6.60. The lowest BCUT2D eigenvalue weighted by Crippen LogP contribution is -2.43. The minimum absolute atomic E-state index is 0.186. The summed E-state index contributed by atoms with van der Waals surface area (Å²) in [6, 6.07) is 0.305. The van der Waals surface area contributed by atoms with E-state index in [1.165, 1.54) is 0 Å². The number of hydrogen-bond acceptors (Lipinski definition) is 3. The lowest BCUT2D eigenvalue weighted by molar-refractivity contribution is 0.0161. The highest BCUT2D eigenvalue weighted by Crippen LogP contribution is 2.42. The number of hydrogen-bond donors (Lipinski definition) is 0. The molecule has 0 bridgehead atoms. The molecular weight excluding hydrogens is 218 g/mol. The maximum Gasteiger partial charge on any atom is 0.410 e. The lowest BCUT2D eigenvalue weighted by atomic mass is 9.86. The molecule has 1 spiro atoms. The standard InChI is InChI=1S/C13H23NO3/c1-12(2,3)17-11(15)14(4)10-5-7-13(8-6-10)9-16-13/h10H,5-9H2,1-4H3. The molecule has 1 heterocycles. The van der Waals surface area contributed by atoms with Gasteiger partial charge >= 0.3 is 6.09 Å². The van der Waals surface area contributed by atoms with Gasteiger partial charge in [-0.25, -0.2) is 4.79 Å². The van der Waals surface area contributed by atoms with E-state index < -0.39 is 5.60 Å². The zero-order chi connectivity index (χ0) is 12.7. The largest absolute Gasteiger partial charge is 0.444 e. The molecule has 98 valence electrons. The number of rotatable bonds is 1. The quantitative estimate of drug-likeness (QED) is 0.663. The van der Waals surface area contributed by atoms with Crippen LogP contribution in [0, 0.1) is 0 Å². The summed E-state index contributed by atoms with van der Waals surface area (Å²) >= 11 is 0. The number of carbonyl (C=O) groups excluding carboxylic acids is 1. The molecule has 0 unspecified atom stereocenters. The average Bonchev–Trinajstić information content (AvgIpc) is 2.96. The SMILES string of the molecule is CN(C(=O)OC(C)(C)C)C1CCC2(CC1)CO2. The predicted molar refractivity (Wildman–Crippen MR) is 64.9 cm³/mol. The van der Waals surface area contributed by atoms with E-state index in [2.05, 4.69) is 0 Å². The Balaban J connectivity index is 1.83. The third-order valence-corrected chi connectivity index (χ3v) is 3.65. The normalized spacial score (nSPS) is 32.4. The van der Waals surface area contributed by atoms with Gasteiger partial charge in [0.15, 0.2) is 0 Å². The van der Waals surface area contributed by atoms with Crippen molar-refractivity contribution in [1.29, 1.82) is 0 Å². The van der Waals surface area contributed by atoms with Crippen molar-refractivity contribution < 1.29 is 14.3 Å². The lowest BCUT2D eigenvalue weighted by Gasteiger charge is -2.34. The molecule has 0 N–H and O–H groups in total. The second-order valence-corrected chi connectivity index (χ2v) is 6.29. The average molecular weight is 241 g/mol. The van der Waals surface area contributed by atoms with Gasteiger partial charge in [0.25, 0.3) is 0 Å². The van der Waals surface area contributed by atoms with Crippen molar-refractivity contribution in [2.75, 3.05) is 13.7 Å². The molecule has 0 aromatic heterocycles. The Morgan fingerprint density at radius 2 is 1.88 bits per heavy atom. The molecular formula is C13H23NO3. The van der Waals surface area contributed by atoms with Crippen LogP contribution in [0.2, 0.25) is 0 Å². The molecule has 4 heteroatoms. The van der Waals surface area contributed by atoms with Crippen molar-refractivity contribution in [1.82, 2.24) is 4.90 Å². The third-order valence-electron chi connectivity index (χ3n) is 3.65. The zero-order valence-electron chi connectivity index (χ0n) is 11.3. The van der Waals surface area contributed by atoms with Crippen molar-refractivity contribution in [3.8, 4) is 0 Å². The number of ether oxygens (including phenoxy) is 2. The molecule has 1 aliphatic carbocycles. The maximum atomic E-state index is 11.9. The van der Waals surface area contributed by atoms with Gasteiger partial charge in [-0.05, 0) is 46.5 Å². The van der Waals surface area contributed by atoms with Gasteiger partial charge in [0.1, 0.15) is 5.60 Å². The zero-order valence-corrected chi connectivity index (χ0v) is 11.3. The van der Waals surface area contributed by atoms with Crippen LogP contribution in [0.5, 0.6) is 0 Å². The first-order valence-corrected chi connectivity index (χ1v) is 6.41. The molecule has 2 aliphatic rings. The summed E-state index contributed by atoms with van der Waals surface area (Å²) in [5.41, 5.74) is -0.230. The first-order valence-electron chi connectivity index (χ1n) is 6.41. The summed E-state index contributed by atoms with van der Waals surface area (Å²) in [5, 5.41) is 0. The van der Waals surface area contributed by atoms with E-state index in [0.29, 0.717) is 6.04 Å². The van der Waals surface area contributed by atoms with E-state index in [4.69, 9.17) is 9.47 Å². The minimum atomic E-state index is -0.416. The van der Waals surface area contributed by atoms with Crippen LogP contribution in [0.1, 0.15) is 46.5 Å². The fourth-order valence-corrected chi connectivity index (χ4v) is 2.39. The first-order chi connectivity index (χ1) is 7.81. The summed E-state index contributed by atoms with van der Waals surface area (Å²) in [5.74, 6) is 0. The van der Waals surface area contributed by atoms with Crippen LogP contribution in [-0.4, -0.2) is 41.9 Å². The Morgan fingerprint density at radius 3 is 2.29 bits per heavy atom. The molecule has 2 fully saturated rings. The van der Waals surface area contributed by atoms with Gasteiger partial charge in [0, 0.05) is 13.1 Å². The Kier molecular flexibility index (Phi) is 3.10. The van der Waals surface area contributed by atoms with Gasteiger partial charge in [-0.3, -0.25) is 0 Å². The molecule has 0 atom stereocenters. The van der Waals surface area contributed by atoms with Crippen molar-refractivity contribution >= 4 is 6.09 Å². The minimum Gasteiger partial charge on any atom is -0.444 e. The van der Waals surface area contributed by atoms with Gasteiger partial charge in [-0.2, -0.15) is 0 Å². The van der Waals surface area contributed by atoms with Gasteiger partial charge in [0.2, 0.25) is 0 Å². The first kappa shape index (κ1) is 12.7. The number of amides is 1. The maximum absolute atomic E-state index is 11.9. The second kappa shape index (κ2) is 4.16. The van der Waals surface area contributed by atoms with Crippen LogP contribution in [0.25, 0.3) is 0 Å². The number of carbonyl (C=O) groups is 1. The monoisotopic (exact) mass is 241 g/mol. The van der Waals surface area contributed by atoms with Crippen molar-refractivity contribution in [3.63, 3.8) is 0 Å². The molecule has 17 heavy (non-hydrogen) atoms. The molecule has 1 amide bonds. The topological polar surface area (TPSA) is 42.1 Å². The second-order valence-electron chi connectivity index (χ2n) is 6.29. The Bertz CT molecular complexity index is 294. The fraction of sp³-hybridized carbons (Fsp3) is 0.923. The highest BCUT2D eigenvalue weighted by atomic mass is 16.6. The smallest absolute Gasteiger partial charge is 0.410 e. The summed E-state index contributed by atoms with van der Waals surface area (Å²) < 4.78 is 10.8. The van der Waals surface area contributed by atoms with Gasteiger partial charge in [-0.1, -0.05) is 0 Å². The molecule has 0 aromatic carbocycles. The van der Waals surface area contributed by atoms with Crippen molar-refractivity contribution in [2.45, 2.75) is 63.7 Å². The van der Waals surface area contributed by atoms with Crippen LogP contribution >= 0.6 is 0 Å². The van der Waals surface area contributed by atoms with E-state index in [0.717, 1.165) is 32.3 Å². The Morgan fingerprint density at radius 1 is 1.35 bits per heavy atom. The molecule has 2 rings (SSSR count). The fourth-order valence-electron chi connectivity index (χ4n) is 2.39. The van der Waals surface area contributed by atoms with Crippen LogP contribution < -0.4 is 0 Å². The number of nitrogens with zero attached hydrogens (tertiary/aromatic N) is 1. The Hall–Kier alpha value is -0.770. The van der Waals surface area contributed by atoms with Gasteiger partial charge in [0.05, 0.1) is 12.2 Å².